The fourth-order valence-corrected chi connectivity index (χ4v) is 3.47. The van der Waals surface area contributed by atoms with E-state index in [1.807, 2.05) is 25.1 Å². The van der Waals surface area contributed by atoms with Gasteiger partial charge in [-0.05, 0) is 30.7 Å². The predicted molar refractivity (Wildman–Crippen MR) is 117 cm³/mol. The normalized spacial score (nSPS) is 10.6. The van der Waals surface area contributed by atoms with Crippen molar-refractivity contribution in [1.82, 2.24) is 14.8 Å². The molecule has 9 nitrogen and oxygen atoms in total. The Bertz CT molecular complexity index is 1090. The van der Waals surface area contributed by atoms with Gasteiger partial charge in [-0.15, -0.1) is 10.2 Å². The molecule has 156 valence electrons. The lowest BCUT2D eigenvalue weighted by molar-refractivity contribution is -0.383. The monoisotopic (exact) mass is 446 g/mol. The average molecular weight is 447 g/mol. The summed E-state index contributed by atoms with van der Waals surface area (Å²) in [6, 6.07) is 11.7. The summed E-state index contributed by atoms with van der Waals surface area (Å²) in [6.45, 7) is 2.37. The Kier molecular flexibility index (Phi) is 6.91. The Labute approximate surface area is 182 Å². The number of amides is 1. The molecule has 0 saturated heterocycles. The number of nitrogens with zero attached hydrogens (tertiary/aromatic N) is 4. The molecule has 30 heavy (non-hydrogen) atoms. The largest absolute Gasteiger partial charge is 0.378 e. The number of carbonyl (C=O) groups excluding carboxylic acids is 1. The van der Waals surface area contributed by atoms with Gasteiger partial charge in [-0.1, -0.05) is 41.6 Å². The molecule has 3 aromatic rings. The molecule has 0 aliphatic heterocycles. The smallest absolute Gasteiger partial charge is 0.292 e. The molecule has 0 spiro atoms. The summed E-state index contributed by atoms with van der Waals surface area (Å²) in [4.78, 5) is 22.7. The van der Waals surface area contributed by atoms with E-state index in [9.17, 15) is 14.9 Å². The molecule has 0 saturated carbocycles. The van der Waals surface area contributed by atoms with E-state index in [0.717, 1.165) is 11.3 Å². The molecule has 0 unspecified atom stereocenters. The number of carbonyl (C=O) groups is 1. The summed E-state index contributed by atoms with van der Waals surface area (Å²) >= 11 is 7.33. The first-order valence-corrected chi connectivity index (χ1v) is 10.3. The maximum absolute atomic E-state index is 12.2. The van der Waals surface area contributed by atoms with Crippen LogP contribution in [0.1, 0.15) is 11.4 Å². The number of halogens is 1. The van der Waals surface area contributed by atoms with Crippen LogP contribution in [0.2, 0.25) is 5.02 Å². The number of hydrogen-bond donors (Lipinski definition) is 2. The number of nitro benzene ring substituents is 1. The molecular weight excluding hydrogens is 428 g/mol. The molecule has 0 radical (unpaired) electrons. The van der Waals surface area contributed by atoms with E-state index < -0.39 is 4.92 Å². The maximum Gasteiger partial charge on any atom is 0.292 e. The topological polar surface area (TPSA) is 115 Å². The number of anilines is 2. The van der Waals surface area contributed by atoms with E-state index in [0.29, 0.717) is 22.5 Å². The molecule has 0 bridgehead atoms. The van der Waals surface area contributed by atoms with Crippen LogP contribution in [-0.4, -0.2) is 31.3 Å². The van der Waals surface area contributed by atoms with E-state index >= 15 is 0 Å². The third-order valence-electron chi connectivity index (χ3n) is 4.25. The van der Waals surface area contributed by atoms with Gasteiger partial charge in [0, 0.05) is 23.8 Å². The van der Waals surface area contributed by atoms with Gasteiger partial charge in [-0.2, -0.15) is 0 Å². The third kappa shape index (κ3) is 5.28. The molecule has 0 aliphatic carbocycles. The molecule has 2 aromatic carbocycles. The van der Waals surface area contributed by atoms with Crippen molar-refractivity contribution in [3.8, 4) is 0 Å². The number of thioether (sulfide) groups is 1. The lowest BCUT2D eigenvalue weighted by Gasteiger charge is -2.08. The minimum atomic E-state index is -0.536. The Morgan fingerprint density at radius 2 is 2.03 bits per heavy atom. The first-order chi connectivity index (χ1) is 14.3. The second kappa shape index (κ2) is 9.59. The average Bonchev–Trinajstić information content (AvgIpc) is 3.07. The fraction of sp³-hybridized carbons (Fsp3) is 0.211. The number of benzene rings is 2. The van der Waals surface area contributed by atoms with Crippen LogP contribution in [-0.2, 0) is 18.4 Å². The van der Waals surface area contributed by atoms with Gasteiger partial charge in [0.1, 0.15) is 5.69 Å². The third-order valence-corrected chi connectivity index (χ3v) is 5.68. The molecule has 1 amide bonds. The van der Waals surface area contributed by atoms with E-state index in [-0.39, 0.29) is 23.0 Å². The Balaban J connectivity index is 1.56. The van der Waals surface area contributed by atoms with Crippen molar-refractivity contribution < 1.29 is 9.72 Å². The van der Waals surface area contributed by atoms with Crippen LogP contribution < -0.4 is 10.6 Å². The lowest BCUT2D eigenvalue weighted by atomic mass is 10.2. The highest BCUT2D eigenvalue weighted by molar-refractivity contribution is 7.99. The van der Waals surface area contributed by atoms with Crippen molar-refractivity contribution in [3.05, 3.63) is 69.0 Å². The SMILES string of the molecule is Cc1ccc(NCc2nnc(SCC(=O)Nc3ccccc3[N+](=O)[O-])n2C)cc1Cl. The first-order valence-electron chi connectivity index (χ1n) is 8.89. The van der Waals surface area contributed by atoms with Gasteiger partial charge in [0.25, 0.3) is 5.69 Å². The minimum absolute atomic E-state index is 0.0407. The molecule has 0 atom stereocenters. The van der Waals surface area contributed by atoms with E-state index in [2.05, 4.69) is 20.8 Å². The van der Waals surface area contributed by atoms with Crippen molar-refractivity contribution in [2.75, 3.05) is 16.4 Å². The highest BCUT2D eigenvalue weighted by Crippen LogP contribution is 2.24. The Morgan fingerprint density at radius 3 is 2.77 bits per heavy atom. The summed E-state index contributed by atoms with van der Waals surface area (Å²) in [5.41, 5.74) is 1.87. The number of para-hydroxylation sites is 2. The summed E-state index contributed by atoms with van der Waals surface area (Å²) in [7, 11) is 1.81. The first kappa shape index (κ1) is 21.6. The molecule has 0 fully saturated rings. The van der Waals surface area contributed by atoms with Crippen LogP contribution in [0, 0.1) is 17.0 Å². The minimum Gasteiger partial charge on any atom is -0.378 e. The van der Waals surface area contributed by atoms with Gasteiger partial charge in [0.15, 0.2) is 11.0 Å². The van der Waals surface area contributed by atoms with Gasteiger partial charge >= 0.3 is 0 Å². The van der Waals surface area contributed by atoms with Crippen molar-refractivity contribution in [2.24, 2.45) is 7.05 Å². The van der Waals surface area contributed by atoms with Gasteiger partial charge in [-0.3, -0.25) is 14.9 Å². The van der Waals surface area contributed by atoms with Crippen molar-refractivity contribution in [1.29, 1.82) is 0 Å². The molecule has 0 aliphatic rings. The highest BCUT2D eigenvalue weighted by atomic mass is 35.5. The predicted octanol–water partition coefficient (Wildman–Crippen LogP) is 4.03. The second-order valence-electron chi connectivity index (χ2n) is 6.39. The molecule has 11 heteroatoms. The van der Waals surface area contributed by atoms with Crippen molar-refractivity contribution in [3.63, 3.8) is 0 Å². The molecule has 2 N–H and O–H groups in total. The van der Waals surface area contributed by atoms with Crippen molar-refractivity contribution in [2.45, 2.75) is 18.6 Å². The summed E-state index contributed by atoms with van der Waals surface area (Å²) in [5, 5.41) is 26.3. The highest BCUT2D eigenvalue weighted by Gasteiger charge is 2.16. The number of rotatable bonds is 8. The summed E-state index contributed by atoms with van der Waals surface area (Å²) in [5.74, 6) is 0.360. The summed E-state index contributed by atoms with van der Waals surface area (Å²) in [6.07, 6.45) is 0. The van der Waals surface area contributed by atoms with Gasteiger partial charge < -0.3 is 15.2 Å². The second-order valence-corrected chi connectivity index (χ2v) is 7.74. The number of aryl methyl sites for hydroxylation is 1. The van der Waals surface area contributed by atoms with E-state index in [4.69, 9.17) is 11.6 Å². The van der Waals surface area contributed by atoms with Crippen LogP contribution in [0.3, 0.4) is 0 Å². The molecular formula is C19H19ClN6O3S. The zero-order valence-electron chi connectivity index (χ0n) is 16.3. The number of aromatic nitrogens is 3. The molecule has 1 heterocycles. The maximum atomic E-state index is 12.2. The van der Waals surface area contributed by atoms with Crippen molar-refractivity contribution >= 4 is 46.3 Å². The van der Waals surface area contributed by atoms with Crippen LogP contribution in [0.5, 0.6) is 0 Å². The zero-order valence-corrected chi connectivity index (χ0v) is 17.8. The zero-order chi connectivity index (χ0) is 21.7. The van der Waals surface area contributed by atoms with Crippen LogP contribution >= 0.6 is 23.4 Å². The van der Waals surface area contributed by atoms with E-state index in [1.165, 1.54) is 23.9 Å². The van der Waals surface area contributed by atoms with Crippen LogP contribution in [0.25, 0.3) is 0 Å². The number of hydrogen-bond acceptors (Lipinski definition) is 7. The lowest BCUT2D eigenvalue weighted by Crippen LogP contribution is -2.15. The fourth-order valence-electron chi connectivity index (χ4n) is 2.56. The van der Waals surface area contributed by atoms with Gasteiger partial charge in [0.2, 0.25) is 5.91 Å². The number of nitrogens with one attached hydrogen (secondary N) is 2. The molecule has 3 rings (SSSR count). The standard InChI is InChI=1S/C19H19ClN6O3S/c1-12-7-8-13(9-14(12)20)21-10-17-23-24-19(25(17)2)30-11-18(27)22-15-5-3-4-6-16(15)26(28)29/h3-9,21H,10-11H2,1-2H3,(H,22,27). The Hall–Kier alpha value is -3.11. The van der Waals surface area contributed by atoms with Gasteiger partial charge in [0.05, 0.1) is 17.2 Å². The quantitative estimate of drug-likeness (QED) is 0.305. The Morgan fingerprint density at radius 1 is 1.27 bits per heavy atom. The summed E-state index contributed by atoms with van der Waals surface area (Å²) < 4.78 is 1.78. The number of nitro groups is 1. The van der Waals surface area contributed by atoms with Crippen LogP contribution in [0.15, 0.2) is 47.6 Å². The van der Waals surface area contributed by atoms with Crippen LogP contribution in [0.4, 0.5) is 17.1 Å². The van der Waals surface area contributed by atoms with E-state index in [1.54, 1.807) is 23.7 Å². The van der Waals surface area contributed by atoms with Gasteiger partial charge in [-0.25, -0.2) is 0 Å². The molecule has 1 aromatic heterocycles.